The molecule has 0 radical (unpaired) electrons. The van der Waals surface area contributed by atoms with Crippen LogP contribution < -0.4 is 5.32 Å². The molecule has 0 unspecified atom stereocenters. The van der Waals surface area contributed by atoms with Gasteiger partial charge in [-0.3, -0.25) is 9.69 Å². The van der Waals surface area contributed by atoms with E-state index in [9.17, 15) is 15.0 Å². The normalized spacial score (nSPS) is 24.2. The first-order valence-electron chi connectivity index (χ1n) is 5.54. The van der Waals surface area contributed by atoms with E-state index in [1.807, 2.05) is 0 Å². The van der Waals surface area contributed by atoms with Crippen LogP contribution in [0, 0.1) is 0 Å². The molecule has 1 aliphatic rings. The maximum absolute atomic E-state index is 11.7. The van der Waals surface area contributed by atoms with Crippen molar-refractivity contribution in [2.45, 2.75) is 12.2 Å². The standard InChI is InChI=1S/C11H14BrN3O3/c12-7-1-2-10(13-3-7)14-11(18)6-15-4-8(16)9(17)5-15/h1-3,8-9,16-17H,4-6H2,(H,13,14,18)/t8-,9+. The number of carbonyl (C=O) groups excluding carboxylic acids is 1. The Kier molecular flexibility index (Phi) is 4.28. The molecule has 7 heteroatoms. The summed E-state index contributed by atoms with van der Waals surface area (Å²) in [5, 5.41) is 21.4. The molecule has 1 aromatic heterocycles. The minimum absolute atomic E-state index is 0.131. The summed E-state index contributed by atoms with van der Waals surface area (Å²) in [4.78, 5) is 17.4. The highest BCUT2D eigenvalue weighted by Crippen LogP contribution is 2.12. The summed E-state index contributed by atoms with van der Waals surface area (Å²) in [5.41, 5.74) is 0. The molecule has 0 aliphatic carbocycles. The maximum atomic E-state index is 11.7. The topological polar surface area (TPSA) is 85.7 Å². The fourth-order valence-electron chi connectivity index (χ4n) is 1.81. The minimum atomic E-state index is -0.774. The lowest BCUT2D eigenvalue weighted by atomic mass is 10.3. The van der Waals surface area contributed by atoms with E-state index in [0.29, 0.717) is 18.9 Å². The molecule has 0 aromatic carbocycles. The Morgan fingerprint density at radius 3 is 2.67 bits per heavy atom. The first-order chi connectivity index (χ1) is 8.54. The molecule has 6 nitrogen and oxygen atoms in total. The third kappa shape index (κ3) is 3.49. The van der Waals surface area contributed by atoms with E-state index in [4.69, 9.17) is 0 Å². The monoisotopic (exact) mass is 315 g/mol. The van der Waals surface area contributed by atoms with E-state index in [2.05, 4.69) is 26.2 Å². The number of nitrogens with one attached hydrogen (secondary N) is 1. The molecule has 98 valence electrons. The highest BCUT2D eigenvalue weighted by atomic mass is 79.9. The van der Waals surface area contributed by atoms with Crippen LogP contribution in [0.4, 0.5) is 5.82 Å². The Bertz CT molecular complexity index is 416. The summed E-state index contributed by atoms with van der Waals surface area (Å²) in [6.45, 7) is 0.747. The lowest BCUT2D eigenvalue weighted by Crippen LogP contribution is -2.32. The summed E-state index contributed by atoms with van der Waals surface area (Å²) in [6, 6.07) is 3.47. The van der Waals surface area contributed by atoms with Crippen molar-refractivity contribution in [3.05, 3.63) is 22.8 Å². The van der Waals surface area contributed by atoms with Crippen molar-refractivity contribution >= 4 is 27.7 Å². The highest BCUT2D eigenvalue weighted by molar-refractivity contribution is 9.10. The van der Waals surface area contributed by atoms with Gasteiger partial charge in [0.15, 0.2) is 0 Å². The molecule has 3 N–H and O–H groups in total. The molecular weight excluding hydrogens is 302 g/mol. The fourth-order valence-corrected chi connectivity index (χ4v) is 2.05. The lowest BCUT2D eigenvalue weighted by Gasteiger charge is -2.13. The van der Waals surface area contributed by atoms with Crippen LogP contribution in [-0.2, 0) is 4.79 Å². The summed E-state index contributed by atoms with van der Waals surface area (Å²) < 4.78 is 0.839. The van der Waals surface area contributed by atoms with Crippen molar-refractivity contribution in [3.63, 3.8) is 0 Å². The average Bonchev–Trinajstić information content (AvgIpc) is 2.61. The van der Waals surface area contributed by atoms with Gasteiger partial charge in [-0.2, -0.15) is 0 Å². The van der Waals surface area contributed by atoms with Crippen molar-refractivity contribution in [3.8, 4) is 0 Å². The van der Waals surface area contributed by atoms with E-state index in [1.165, 1.54) is 0 Å². The lowest BCUT2D eigenvalue weighted by molar-refractivity contribution is -0.117. The number of rotatable bonds is 3. The molecule has 2 atom stereocenters. The number of nitrogens with zero attached hydrogens (tertiary/aromatic N) is 2. The molecule has 0 spiro atoms. The van der Waals surface area contributed by atoms with Gasteiger partial charge in [0.2, 0.25) is 5.91 Å². The van der Waals surface area contributed by atoms with Crippen molar-refractivity contribution in [1.82, 2.24) is 9.88 Å². The van der Waals surface area contributed by atoms with E-state index >= 15 is 0 Å². The molecule has 2 rings (SSSR count). The first kappa shape index (κ1) is 13.4. The Balaban J connectivity index is 1.84. The van der Waals surface area contributed by atoms with Gasteiger partial charge in [0.05, 0.1) is 18.8 Å². The number of aliphatic hydroxyl groups is 2. The van der Waals surface area contributed by atoms with E-state index in [-0.39, 0.29) is 12.5 Å². The third-order valence-electron chi connectivity index (χ3n) is 2.70. The zero-order chi connectivity index (χ0) is 13.1. The number of aliphatic hydroxyl groups excluding tert-OH is 2. The van der Waals surface area contributed by atoms with Crippen LogP contribution in [0.5, 0.6) is 0 Å². The van der Waals surface area contributed by atoms with Crippen LogP contribution in [0.15, 0.2) is 22.8 Å². The van der Waals surface area contributed by atoms with Crippen LogP contribution in [0.2, 0.25) is 0 Å². The molecule has 18 heavy (non-hydrogen) atoms. The summed E-state index contributed by atoms with van der Waals surface area (Å²) in [7, 11) is 0. The van der Waals surface area contributed by atoms with E-state index < -0.39 is 12.2 Å². The number of halogens is 1. The third-order valence-corrected chi connectivity index (χ3v) is 3.17. The van der Waals surface area contributed by atoms with Gasteiger partial charge in [0.25, 0.3) is 0 Å². The number of hydrogen-bond acceptors (Lipinski definition) is 5. The minimum Gasteiger partial charge on any atom is -0.389 e. The predicted molar refractivity (Wildman–Crippen MR) is 69.0 cm³/mol. The summed E-state index contributed by atoms with van der Waals surface area (Å²) >= 11 is 3.26. The Labute approximate surface area is 113 Å². The number of anilines is 1. The van der Waals surface area contributed by atoms with Crippen LogP contribution in [0.1, 0.15) is 0 Å². The Morgan fingerprint density at radius 1 is 1.44 bits per heavy atom. The van der Waals surface area contributed by atoms with Gasteiger partial charge < -0.3 is 15.5 Å². The number of amides is 1. The second-order valence-electron chi connectivity index (χ2n) is 4.24. The molecule has 1 fully saturated rings. The Hall–Kier alpha value is -1.02. The van der Waals surface area contributed by atoms with Crippen molar-refractivity contribution in [2.24, 2.45) is 0 Å². The molecule has 0 bridgehead atoms. The average molecular weight is 316 g/mol. The first-order valence-corrected chi connectivity index (χ1v) is 6.34. The largest absolute Gasteiger partial charge is 0.389 e. The zero-order valence-electron chi connectivity index (χ0n) is 9.58. The number of carbonyl (C=O) groups is 1. The quantitative estimate of drug-likeness (QED) is 0.720. The molecule has 0 saturated carbocycles. The van der Waals surface area contributed by atoms with Crippen molar-refractivity contribution in [2.75, 3.05) is 25.0 Å². The maximum Gasteiger partial charge on any atom is 0.239 e. The van der Waals surface area contributed by atoms with Gasteiger partial charge >= 0.3 is 0 Å². The van der Waals surface area contributed by atoms with Crippen LogP contribution >= 0.6 is 15.9 Å². The number of aromatic nitrogens is 1. The number of likely N-dealkylation sites (tertiary alicyclic amines) is 1. The molecular formula is C11H14BrN3O3. The van der Waals surface area contributed by atoms with Gasteiger partial charge in [-0.05, 0) is 28.1 Å². The van der Waals surface area contributed by atoms with Gasteiger partial charge in [-0.25, -0.2) is 4.98 Å². The smallest absolute Gasteiger partial charge is 0.239 e. The van der Waals surface area contributed by atoms with Gasteiger partial charge in [-0.15, -0.1) is 0 Å². The highest BCUT2D eigenvalue weighted by Gasteiger charge is 2.30. The van der Waals surface area contributed by atoms with Crippen molar-refractivity contribution in [1.29, 1.82) is 0 Å². The second-order valence-corrected chi connectivity index (χ2v) is 5.15. The summed E-state index contributed by atoms with van der Waals surface area (Å²) in [6.07, 6.45) is 0.0473. The number of β-amino-alcohol motifs (C(OH)–C–C–N with tert-alkyl or cyclic N) is 2. The van der Waals surface area contributed by atoms with Gasteiger partial charge in [0.1, 0.15) is 5.82 Å². The molecule has 1 amide bonds. The zero-order valence-corrected chi connectivity index (χ0v) is 11.2. The fraction of sp³-hybridized carbons (Fsp3) is 0.455. The second kappa shape index (κ2) is 5.75. The van der Waals surface area contributed by atoms with E-state index in [1.54, 1.807) is 23.2 Å². The number of hydrogen-bond donors (Lipinski definition) is 3. The molecule has 2 heterocycles. The Morgan fingerprint density at radius 2 is 2.11 bits per heavy atom. The van der Waals surface area contributed by atoms with Crippen LogP contribution in [0.3, 0.4) is 0 Å². The van der Waals surface area contributed by atoms with Gasteiger partial charge in [0, 0.05) is 23.8 Å². The molecule has 1 saturated heterocycles. The van der Waals surface area contributed by atoms with E-state index in [0.717, 1.165) is 4.47 Å². The van der Waals surface area contributed by atoms with Crippen LogP contribution in [0.25, 0.3) is 0 Å². The molecule has 1 aliphatic heterocycles. The van der Waals surface area contributed by atoms with Crippen molar-refractivity contribution < 1.29 is 15.0 Å². The number of pyridine rings is 1. The summed E-state index contributed by atoms with van der Waals surface area (Å²) in [5.74, 6) is 0.259. The van der Waals surface area contributed by atoms with Gasteiger partial charge in [-0.1, -0.05) is 0 Å². The van der Waals surface area contributed by atoms with Crippen LogP contribution in [-0.4, -0.2) is 57.8 Å². The molecule has 1 aromatic rings. The SMILES string of the molecule is O=C(CN1C[C@@H](O)[C@@H](O)C1)Nc1ccc(Br)cn1. The predicted octanol–water partition coefficient (Wildman–Crippen LogP) is -0.180.